The van der Waals surface area contributed by atoms with Crippen LogP contribution in [0.3, 0.4) is 0 Å². The molecule has 0 amide bonds. The Hall–Kier alpha value is -2.74. The van der Waals surface area contributed by atoms with E-state index in [1.54, 1.807) is 7.11 Å². The molecule has 0 radical (unpaired) electrons. The second-order valence-corrected chi connectivity index (χ2v) is 8.52. The first-order valence-electron chi connectivity index (χ1n) is 10.3. The molecule has 3 aromatic rings. The molecule has 0 heterocycles. The molecule has 2 nitrogen and oxygen atoms in total. The van der Waals surface area contributed by atoms with Crippen LogP contribution in [0.5, 0.6) is 11.5 Å². The van der Waals surface area contributed by atoms with Gasteiger partial charge in [-0.1, -0.05) is 76.2 Å². The molecule has 0 aliphatic rings. The van der Waals surface area contributed by atoms with Crippen molar-refractivity contribution in [1.29, 1.82) is 0 Å². The number of ether oxygens (including phenoxy) is 2. The van der Waals surface area contributed by atoms with Crippen LogP contribution in [-0.2, 0) is 10.8 Å². The summed E-state index contributed by atoms with van der Waals surface area (Å²) in [5, 5.41) is 0. The predicted octanol–water partition coefficient (Wildman–Crippen LogP) is 6.75. The van der Waals surface area contributed by atoms with E-state index < -0.39 is 0 Å². The van der Waals surface area contributed by atoms with Gasteiger partial charge in [-0.25, -0.2) is 0 Å². The first kappa shape index (κ1) is 21.0. The van der Waals surface area contributed by atoms with Crippen LogP contribution in [0.25, 0.3) is 0 Å². The van der Waals surface area contributed by atoms with Gasteiger partial charge in [-0.3, -0.25) is 0 Å². The average molecular weight is 389 g/mol. The molecule has 0 aliphatic heterocycles. The van der Waals surface area contributed by atoms with Gasteiger partial charge in [0.05, 0.1) is 13.7 Å². The molecule has 152 valence electrons. The van der Waals surface area contributed by atoms with Crippen molar-refractivity contribution in [3.05, 3.63) is 95.1 Å². The fourth-order valence-corrected chi connectivity index (χ4v) is 3.77. The van der Waals surface area contributed by atoms with Gasteiger partial charge in [0.25, 0.3) is 0 Å². The molecule has 0 atom stereocenters. The number of methoxy groups -OCH3 is 1. The van der Waals surface area contributed by atoms with Crippen LogP contribution < -0.4 is 9.47 Å². The van der Waals surface area contributed by atoms with Crippen molar-refractivity contribution >= 4 is 0 Å². The van der Waals surface area contributed by atoms with Crippen molar-refractivity contribution in [2.24, 2.45) is 0 Å². The van der Waals surface area contributed by atoms with Crippen LogP contribution in [-0.4, -0.2) is 13.7 Å². The Morgan fingerprint density at radius 3 is 1.48 bits per heavy atom. The zero-order valence-electron chi connectivity index (χ0n) is 18.5. The zero-order valence-corrected chi connectivity index (χ0v) is 18.5. The van der Waals surface area contributed by atoms with Crippen molar-refractivity contribution in [3.63, 3.8) is 0 Å². The molecule has 0 aliphatic carbocycles. The second-order valence-electron chi connectivity index (χ2n) is 8.52. The van der Waals surface area contributed by atoms with Crippen LogP contribution >= 0.6 is 0 Å². The maximum absolute atomic E-state index is 5.60. The summed E-state index contributed by atoms with van der Waals surface area (Å²) in [5.74, 6) is 1.80. The van der Waals surface area contributed by atoms with Crippen molar-refractivity contribution in [2.75, 3.05) is 13.7 Å². The van der Waals surface area contributed by atoms with Gasteiger partial charge in [0.2, 0.25) is 0 Å². The monoisotopic (exact) mass is 388 g/mol. The minimum Gasteiger partial charge on any atom is -0.497 e. The summed E-state index contributed by atoms with van der Waals surface area (Å²) in [6.07, 6.45) is 0. The van der Waals surface area contributed by atoms with E-state index >= 15 is 0 Å². The number of hydrogen-bond acceptors (Lipinski definition) is 2. The molecule has 0 spiro atoms. The zero-order chi connectivity index (χ0) is 21.1. The van der Waals surface area contributed by atoms with Gasteiger partial charge >= 0.3 is 0 Å². The maximum Gasteiger partial charge on any atom is 0.119 e. The van der Waals surface area contributed by atoms with Crippen molar-refractivity contribution in [3.8, 4) is 11.5 Å². The highest BCUT2D eigenvalue weighted by atomic mass is 16.5. The van der Waals surface area contributed by atoms with Crippen LogP contribution in [0.1, 0.15) is 56.9 Å². The Morgan fingerprint density at radius 1 is 0.621 bits per heavy atom. The molecule has 3 aromatic carbocycles. The van der Waals surface area contributed by atoms with Gasteiger partial charge < -0.3 is 9.47 Å². The third kappa shape index (κ3) is 4.32. The van der Waals surface area contributed by atoms with E-state index in [9.17, 15) is 0 Å². The van der Waals surface area contributed by atoms with Gasteiger partial charge in [-0.2, -0.15) is 0 Å². The molecule has 0 aromatic heterocycles. The quantitative estimate of drug-likeness (QED) is 0.446. The Labute approximate surface area is 175 Å². The largest absolute Gasteiger partial charge is 0.497 e. The van der Waals surface area contributed by atoms with Gasteiger partial charge in [-0.15, -0.1) is 0 Å². The summed E-state index contributed by atoms with van der Waals surface area (Å²) in [5.41, 5.74) is 4.96. The van der Waals surface area contributed by atoms with E-state index in [0.717, 1.165) is 11.5 Å². The average Bonchev–Trinajstić information content (AvgIpc) is 2.74. The minimum atomic E-state index is -0.100. The lowest BCUT2D eigenvalue weighted by Crippen LogP contribution is -2.22. The minimum absolute atomic E-state index is 0.100. The fourth-order valence-electron chi connectivity index (χ4n) is 3.77. The molecule has 0 saturated heterocycles. The second kappa shape index (κ2) is 8.32. The Kier molecular flexibility index (Phi) is 6.02. The molecule has 0 unspecified atom stereocenters. The molecule has 29 heavy (non-hydrogen) atoms. The Balaban J connectivity index is 1.94. The SMILES string of the molecule is CCOc1ccc(C(C)(C)c2cccc(C(C)(C)c3ccc(OC)cc3)c2)cc1. The van der Waals surface area contributed by atoms with Crippen LogP contribution in [0.4, 0.5) is 0 Å². The molecular formula is C27H32O2. The maximum atomic E-state index is 5.60. The van der Waals surface area contributed by atoms with Crippen LogP contribution in [0, 0.1) is 0 Å². The molecule has 2 heteroatoms. The van der Waals surface area contributed by atoms with E-state index in [-0.39, 0.29) is 10.8 Å². The lowest BCUT2D eigenvalue weighted by atomic mass is 9.73. The molecule has 0 saturated carbocycles. The number of benzene rings is 3. The lowest BCUT2D eigenvalue weighted by Gasteiger charge is -2.31. The summed E-state index contributed by atoms with van der Waals surface area (Å²) < 4.78 is 10.9. The van der Waals surface area contributed by atoms with Gasteiger partial charge in [0.15, 0.2) is 0 Å². The lowest BCUT2D eigenvalue weighted by molar-refractivity contribution is 0.340. The van der Waals surface area contributed by atoms with E-state index in [1.165, 1.54) is 22.3 Å². The molecule has 3 rings (SSSR count). The number of hydrogen-bond donors (Lipinski definition) is 0. The normalized spacial score (nSPS) is 11.9. The van der Waals surface area contributed by atoms with E-state index in [1.807, 2.05) is 19.1 Å². The van der Waals surface area contributed by atoms with Crippen molar-refractivity contribution < 1.29 is 9.47 Å². The van der Waals surface area contributed by atoms with Gasteiger partial charge in [0.1, 0.15) is 11.5 Å². The fraction of sp³-hybridized carbons (Fsp3) is 0.333. The Morgan fingerprint density at radius 2 is 1.07 bits per heavy atom. The summed E-state index contributed by atoms with van der Waals surface area (Å²) in [6, 6.07) is 25.8. The highest BCUT2D eigenvalue weighted by Gasteiger charge is 2.27. The predicted molar refractivity (Wildman–Crippen MR) is 121 cm³/mol. The first-order chi connectivity index (χ1) is 13.8. The van der Waals surface area contributed by atoms with Gasteiger partial charge in [0, 0.05) is 10.8 Å². The standard InChI is InChI=1S/C27H32O2/c1-7-29-25-17-13-21(14-18-25)27(4,5)23-10-8-9-22(19-23)26(2,3)20-11-15-24(28-6)16-12-20/h8-19H,7H2,1-6H3. The topological polar surface area (TPSA) is 18.5 Å². The smallest absolute Gasteiger partial charge is 0.119 e. The Bertz CT molecular complexity index is 935. The highest BCUT2D eigenvalue weighted by Crippen LogP contribution is 2.37. The van der Waals surface area contributed by atoms with Crippen molar-refractivity contribution in [2.45, 2.75) is 45.4 Å². The van der Waals surface area contributed by atoms with Crippen LogP contribution in [0.2, 0.25) is 0 Å². The third-order valence-corrected chi connectivity index (χ3v) is 6.00. The third-order valence-electron chi connectivity index (χ3n) is 6.00. The summed E-state index contributed by atoms with van der Waals surface area (Å²) >= 11 is 0. The highest BCUT2D eigenvalue weighted by molar-refractivity contribution is 5.46. The van der Waals surface area contributed by atoms with E-state index in [2.05, 4.69) is 88.4 Å². The summed E-state index contributed by atoms with van der Waals surface area (Å²) in [6.45, 7) is 11.8. The van der Waals surface area contributed by atoms with Crippen LogP contribution in [0.15, 0.2) is 72.8 Å². The summed E-state index contributed by atoms with van der Waals surface area (Å²) in [7, 11) is 1.70. The van der Waals surface area contributed by atoms with Crippen molar-refractivity contribution in [1.82, 2.24) is 0 Å². The van der Waals surface area contributed by atoms with E-state index in [4.69, 9.17) is 9.47 Å². The first-order valence-corrected chi connectivity index (χ1v) is 10.3. The summed E-state index contributed by atoms with van der Waals surface area (Å²) in [4.78, 5) is 0. The molecule has 0 bridgehead atoms. The molecule has 0 N–H and O–H groups in total. The molecular weight excluding hydrogens is 356 g/mol. The van der Waals surface area contributed by atoms with E-state index in [0.29, 0.717) is 6.61 Å². The van der Waals surface area contributed by atoms with Gasteiger partial charge in [-0.05, 0) is 53.4 Å². The number of rotatable bonds is 7. The molecule has 0 fully saturated rings.